The van der Waals surface area contributed by atoms with Gasteiger partial charge in [0.1, 0.15) is 5.75 Å². The number of unbranched alkanes of at least 4 members (excludes halogenated alkanes) is 4. The molecule has 2 aromatic carbocycles. The molecule has 0 saturated carbocycles. The highest BCUT2D eigenvalue weighted by Gasteiger charge is 2.27. The molecule has 0 radical (unpaired) electrons. The van der Waals surface area contributed by atoms with E-state index in [9.17, 15) is 0 Å². The van der Waals surface area contributed by atoms with Crippen LogP contribution in [0.5, 0.6) is 11.6 Å². The quantitative estimate of drug-likeness (QED) is 0.320. The van der Waals surface area contributed by atoms with Gasteiger partial charge in [0.05, 0.1) is 12.7 Å². The average molecular weight is 437 g/mol. The second kappa shape index (κ2) is 10.5. The first kappa shape index (κ1) is 21.4. The Morgan fingerprint density at radius 2 is 1.81 bits per heavy atom. The Labute approximate surface area is 187 Å². The van der Waals surface area contributed by atoms with E-state index in [4.69, 9.17) is 14.5 Å². The fourth-order valence-corrected chi connectivity index (χ4v) is 4.38. The molecular weight excluding hydrogens is 408 g/mol. The third-order valence-corrected chi connectivity index (χ3v) is 6.16. The van der Waals surface area contributed by atoms with E-state index in [-0.39, 0.29) is 0 Å². The minimum Gasteiger partial charge on any atom is -0.496 e. The van der Waals surface area contributed by atoms with E-state index in [1.807, 2.05) is 48.5 Å². The molecule has 1 aliphatic heterocycles. The van der Waals surface area contributed by atoms with Gasteiger partial charge in [-0.15, -0.1) is 10.2 Å². The summed E-state index contributed by atoms with van der Waals surface area (Å²) in [6.45, 7) is 2.23. The van der Waals surface area contributed by atoms with Crippen LogP contribution in [0, 0.1) is 0 Å². The van der Waals surface area contributed by atoms with E-state index in [0.717, 1.165) is 34.7 Å². The lowest BCUT2D eigenvalue weighted by Gasteiger charge is -2.21. The Morgan fingerprint density at radius 3 is 2.68 bits per heavy atom. The van der Waals surface area contributed by atoms with Gasteiger partial charge >= 0.3 is 0 Å². The zero-order valence-electron chi connectivity index (χ0n) is 18.0. The molecule has 4 rings (SSSR count). The topological polar surface area (TPSA) is 69.2 Å². The molecule has 7 heteroatoms. The molecule has 1 N–H and O–H groups in total. The van der Waals surface area contributed by atoms with Gasteiger partial charge in [-0.1, -0.05) is 74.7 Å². The number of methoxy groups -OCH3 is 1. The van der Waals surface area contributed by atoms with E-state index >= 15 is 0 Å². The van der Waals surface area contributed by atoms with Gasteiger partial charge in [-0.05, 0) is 24.6 Å². The lowest BCUT2D eigenvalue weighted by atomic mass is 10.1. The van der Waals surface area contributed by atoms with Crippen LogP contribution in [0.1, 0.15) is 50.8 Å². The third kappa shape index (κ3) is 5.10. The van der Waals surface area contributed by atoms with Crippen LogP contribution in [0.3, 0.4) is 0 Å². The van der Waals surface area contributed by atoms with E-state index < -0.39 is 6.23 Å². The highest BCUT2D eigenvalue weighted by atomic mass is 32.2. The van der Waals surface area contributed by atoms with E-state index in [2.05, 4.69) is 22.4 Å². The lowest BCUT2D eigenvalue weighted by molar-refractivity contribution is 0.220. The number of benzene rings is 2. The first-order chi connectivity index (χ1) is 15.3. The molecule has 0 unspecified atom stereocenters. The van der Waals surface area contributed by atoms with Crippen molar-refractivity contribution in [1.82, 2.24) is 15.2 Å². The highest BCUT2D eigenvalue weighted by molar-refractivity contribution is 7.99. The van der Waals surface area contributed by atoms with Crippen molar-refractivity contribution in [3.8, 4) is 22.9 Å². The Hall–Kier alpha value is -2.80. The van der Waals surface area contributed by atoms with Gasteiger partial charge in [0.15, 0.2) is 5.69 Å². The van der Waals surface area contributed by atoms with Crippen molar-refractivity contribution in [1.29, 1.82) is 0 Å². The van der Waals surface area contributed by atoms with Crippen molar-refractivity contribution < 1.29 is 9.47 Å². The molecule has 162 valence electrons. The van der Waals surface area contributed by atoms with Crippen LogP contribution < -0.4 is 14.8 Å². The molecule has 0 saturated heterocycles. The second-order valence-electron chi connectivity index (χ2n) is 7.44. The van der Waals surface area contributed by atoms with Gasteiger partial charge in [-0.25, -0.2) is 0 Å². The molecule has 3 aromatic rings. The van der Waals surface area contributed by atoms with Crippen molar-refractivity contribution in [2.45, 2.75) is 50.4 Å². The minimum absolute atomic E-state index is 0.456. The Bertz CT molecular complexity index is 1010. The number of anilines is 1. The number of hydrogen-bond donors (Lipinski definition) is 1. The number of thioether (sulfide) groups is 1. The van der Waals surface area contributed by atoms with Crippen molar-refractivity contribution in [3.63, 3.8) is 0 Å². The van der Waals surface area contributed by atoms with Crippen LogP contribution in [-0.2, 0) is 0 Å². The molecule has 1 aliphatic rings. The summed E-state index contributed by atoms with van der Waals surface area (Å²) in [7, 11) is 1.66. The van der Waals surface area contributed by atoms with Gasteiger partial charge < -0.3 is 14.8 Å². The van der Waals surface area contributed by atoms with Gasteiger partial charge in [0, 0.05) is 17.0 Å². The molecule has 1 atom stereocenters. The van der Waals surface area contributed by atoms with E-state index in [1.165, 1.54) is 25.7 Å². The van der Waals surface area contributed by atoms with Crippen LogP contribution in [0.15, 0.2) is 53.7 Å². The maximum absolute atomic E-state index is 6.35. The smallest absolute Gasteiger partial charge is 0.247 e. The fourth-order valence-electron chi connectivity index (χ4n) is 3.60. The van der Waals surface area contributed by atoms with Crippen LogP contribution in [-0.4, -0.2) is 28.0 Å². The van der Waals surface area contributed by atoms with Gasteiger partial charge in [-0.2, -0.15) is 4.98 Å². The highest BCUT2D eigenvalue weighted by Crippen LogP contribution is 2.40. The van der Waals surface area contributed by atoms with Crippen molar-refractivity contribution in [2.24, 2.45) is 0 Å². The number of nitrogens with one attached hydrogen (secondary N) is 1. The van der Waals surface area contributed by atoms with Crippen molar-refractivity contribution >= 4 is 17.4 Å². The summed E-state index contributed by atoms with van der Waals surface area (Å²) in [6, 6.07) is 15.8. The summed E-state index contributed by atoms with van der Waals surface area (Å²) in [5.74, 6) is 2.22. The Kier molecular flexibility index (Phi) is 7.25. The zero-order chi connectivity index (χ0) is 21.5. The fraction of sp³-hybridized carbons (Fsp3) is 0.375. The number of para-hydroxylation sites is 2. The van der Waals surface area contributed by atoms with Gasteiger partial charge in [0.25, 0.3) is 0 Å². The first-order valence-corrected chi connectivity index (χ1v) is 11.8. The summed E-state index contributed by atoms with van der Waals surface area (Å²) >= 11 is 1.63. The summed E-state index contributed by atoms with van der Waals surface area (Å²) in [6.07, 6.45) is 5.77. The molecule has 0 spiro atoms. The molecule has 6 nitrogen and oxygen atoms in total. The number of rotatable bonds is 9. The number of nitrogens with zero attached hydrogens (tertiary/aromatic N) is 3. The predicted molar refractivity (Wildman–Crippen MR) is 125 cm³/mol. The van der Waals surface area contributed by atoms with Crippen molar-refractivity contribution in [2.75, 3.05) is 18.2 Å². The maximum Gasteiger partial charge on any atom is 0.247 e. The van der Waals surface area contributed by atoms with Crippen molar-refractivity contribution in [3.05, 3.63) is 54.1 Å². The molecular formula is C24H28N4O2S. The standard InChI is InChI=1S/C24H28N4O2S/c1-3-4-5-6-11-16-31-24-26-23-21(27-28-24)17-12-7-9-14-19(17)25-22(30-23)18-13-8-10-15-20(18)29-2/h7-10,12-15,22,25H,3-6,11,16H2,1-2H3/t22-/m1/s1. The first-order valence-electron chi connectivity index (χ1n) is 10.8. The van der Waals surface area contributed by atoms with E-state index in [1.54, 1.807) is 18.9 Å². The normalized spacial score (nSPS) is 14.6. The number of hydrogen-bond acceptors (Lipinski definition) is 7. The second-order valence-corrected chi connectivity index (χ2v) is 8.50. The lowest BCUT2D eigenvalue weighted by Crippen LogP contribution is -2.18. The minimum atomic E-state index is -0.456. The zero-order valence-corrected chi connectivity index (χ0v) is 18.8. The Morgan fingerprint density at radius 1 is 1.00 bits per heavy atom. The number of aromatic nitrogens is 3. The summed E-state index contributed by atoms with van der Waals surface area (Å²) < 4.78 is 11.9. The average Bonchev–Trinajstić information content (AvgIpc) is 2.97. The Balaban J connectivity index is 1.60. The summed E-state index contributed by atoms with van der Waals surface area (Å²) in [5, 5.41) is 13.0. The summed E-state index contributed by atoms with van der Waals surface area (Å²) in [4.78, 5) is 4.72. The summed E-state index contributed by atoms with van der Waals surface area (Å²) in [5.41, 5.74) is 3.39. The molecule has 31 heavy (non-hydrogen) atoms. The third-order valence-electron chi connectivity index (χ3n) is 5.23. The SMILES string of the molecule is CCCCCCCSc1nnc2c(n1)O[C@H](c1ccccc1OC)Nc1ccccc1-2. The molecule has 0 bridgehead atoms. The molecule has 0 amide bonds. The van der Waals surface area contributed by atoms with Crippen LogP contribution in [0.25, 0.3) is 11.3 Å². The monoisotopic (exact) mass is 436 g/mol. The van der Waals surface area contributed by atoms with Gasteiger partial charge in [-0.3, -0.25) is 0 Å². The number of ether oxygens (including phenoxy) is 2. The molecule has 2 heterocycles. The molecule has 0 fully saturated rings. The van der Waals surface area contributed by atoms with Crippen LogP contribution in [0.4, 0.5) is 5.69 Å². The predicted octanol–water partition coefficient (Wildman–Crippen LogP) is 6.11. The largest absolute Gasteiger partial charge is 0.496 e. The molecule has 0 aliphatic carbocycles. The molecule has 1 aromatic heterocycles. The number of fused-ring (bicyclic) bond motifs is 3. The van der Waals surface area contributed by atoms with Gasteiger partial charge in [0.2, 0.25) is 17.3 Å². The van der Waals surface area contributed by atoms with E-state index in [0.29, 0.717) is 16.7 Å². The van der Waals surface area contributed by atoms with Crippen LogP contribution >= 0.6 is 11.8 Å². The van der Waals surface area contributed by atoms with Crippen LogP contribution in [0.2, 0.25) is 0 Å². The maximum atomic E-state index is 6.35.